The van der Waals surface area contributed by atoms with E-state index in [0.29, 0.717) is 6.04 Å². The normalized spacial score (nSPS) is 12.4. The maximum Gasteiger partial charge on any atom is 0.0451 e. The van der Waals surface area contributed by atoms with E-state index < -0.39 is 0 Å². The summed E-state index contributed by atoms with van der Waals surface area (Å²) in [6.45, 7) is 7.55. The van der Waals surface area contributed by atoms with Crippen molar-refractivity contribution < 1.29 is 0 Å². The van der Waals surface area contributed by atoms with Gasteiger partial charge in [-0.25, -0.2) is 0 Å². The Kier molecular flexibility index (Phi) is 6.18. The zero-order valence-corrected chi connectivity index (χ0v) is 15.1. The molecular formula is C18H23IN2. The van der Waals surface area contributed by atoms with Crippen LogP contribution in [0.1, 0.15) is 41.8 Å². The van der Waals surface area contributed by atoms with E-state index in [-0.39, 0.29) is 0 Å². The van der Waals surface area contributed by atoms with E-state index in [0.717, 1.165) is 19.4 Å². The maximum atomic E-state index is 4.56. The zero-order valence-electron chi connectivity index (χ0n) is 13.0. The fourth-order valence-electron chi connectivity index (χ4n) is 2.48. The van der Waals surface area contributed by atoms with Crippen LogP contribution in [0.4, 0.5) is 0 Å². The number of rotatable bonds is 6. The van der Waals surface area contributed by atoms with E-state index in [9.17, 15) is 0 Å². The molecule has 0 saturated heterocycles. The van der Waals surface area contributed by atoms with Crippen molar-refractivity contribution in [3.8, 4) is 0 Å². The number of halogens is 1. The predicted molar refractivity (Wildman–Crippen MR) is 97.6 cm³/mol. The van der Waals surface area contributed by atoms with Crippen LogP contribution in [-0.2, 0) is 6.42 Å². The quantitative estimate of drug-likeness (QED) is 0.726. The number of nitrogens with zero attached hydrogens (tertiary/aromatic N) is 1. The lowest BCUT2D eigenvalue weighted by Crippen LogP contribution is -2.25. The van der Waals surface area contributed by atoms with Gasteiger partial charge in [-0.15, -0.1) is 0 Å². The highest BCUT2D eigenvalue weighted by atomic mass is 127. The Morgan fingerprint density at radius 3 is 2.62 bits per heavy atom. The molecule has 2 nitrogen and oxygen atoms in total. The summed E-state index contributed by atoms with van der Waals surface area (Å²) in [5.41, 5.74) is 5.18. The average Bonchev–Trinajstić information content (AvgIpc) is 2.48. The zero-order chi connectivity index (χ0) is 15.2. The van der Waals surface area contributed by atoms with Crippen LogP contribution in [0.2, 0.25) is 0 Å². The van der Waals surface area contributed by atoms with E-state index in [1.54, 1.807) is 0 Å². The standard InChI is InChI=1S/C18H23IN2/c1-4-10-20-17(12-16-13(2)8-6-11-21-16)15-9-5-7-14(3)18(15)19/h5-9,11,17,20H,4,10,12H2,1-3H3. The molecule has 0 spiro atoms. The van der Waals surface area contributed by atoms with Crippen LogP contribution in [0.5, 0.6) is 0 Å². The van der Waals surface area contributed by atoms with Crippen molar-refractivity contribution in [3.63, 3.8) is 0 Å². The molecule has 112 valence electrons. The predicted octanol–water partition coefficient (Wildman–Crippen LogP) is 4.59. The van der Waals surface area contributed by atoms with Crippen LogP contribution in [0.25, 0.3) is 0 Å². The molecule has 1 unspecified atom stereocenters. The van der Waals surface area contributed by atoms with Gasteiger partial charge in [0.2, 0.25) is 0 Å². The average molecular weight is 394 g/mol. The highest BCUT2D eigenvalue weighted by Gasteiger charge is 2.16. The molecule has 0 bridgehead atoms. The van der Waals surface area contributed by atoms with Crippen molar-refractivity contribution in [3.05, 3.63) is 62.5 Å². The van der Waals surface area contributed by atoms with Crippen LogP contribution in [-0.4, -0.2) is 11.5 Å². The first-order valence-electron chi connectivity index (χ1n) is 7.52. The fraction of sp³-hybridized carbons (Fsp3) is 0.389. The Labute approximate surface area is 141 Å². The van der Waals surface area contributed by atoms with Gasteiger partial charge in [-0.05, 0) is 72.2 Å². The van der Waals surface area contributed by atoms with Crippen molar-refractivity contribution in [2.45, 2.75) is 39.7 Å². The molecule has 2 aromatic rings. The minimum Gasteiger partial charge on any atom is -0.310 e. The Morgan fingerprint density at radius 1 is 1.14 bits per heavy atom. The largest absolute Gasteiger partial charge is 0.310 e. The molecule has 2 rings (SSSR count). The van der Waals surface area contributed by atoms with E-state index in [2.05, 4.69) is 77.9 Å². The molecule has 1 heterocycles. The molecule has 3 heteroatoms. The van der Waals surface area contributed by atoms with E-state index in [1.807, 2.05) is 12.3 Å². The fourth-order valence-corrected chi connectivity index (χ4v) is 3.21. The van der Waals surface area contributed by atoms with Gasteiger partial charge < -0.3 is 5.32 Å². The molecule has 1 aromatic carbocycles. The summed E-state index contributed by atoms with van der Waals surface area (Å²) in [5, 5.41) is 3.68. The van der Waals surface area contributed by atoms with E-state index >= 15 is 0 Å². The molecule has 21 heavy (non-hydrogen) atoms. The van der Waals surface area contributed by atoms with Crippen molar-refractivity contribution in [2.24, 2.45) is 0 Å². The Bertz CT molecular complexity index is 596. The third kappa shape index (κ3) is 4.27. The molecule has 0 saturated carbocycles. The minimum absolute atomic E-state index is 0.324. The van der Waals surface area contributed by atoms with Gasteiger partial charge >= 0.3 is 0 Å². The number of nitrogens with one attached hydrogen (secondary N) is 1. The van der Waals surface area contributed by atoms with Crippen molar-refractivity contribution in [1.29, 1.82) is 0 Å². The van der Waals surface area contributed by atoms with Gasteiger partial charge in [0.25, 0.3) is 0 Å². The molecule has 0 fully saturated rings. The molecular weight excluding hydrogens is 371 g/mol. The summed E-state index contributed by atoms with van der Waals surface area (Å²) >= 11 is 2.46. The van der Waals surface area contributed by atoms with Crippen molar-refractivity contribution in [2.75, 3.05) is 6.54 Å². The lowest BCUT2D eigenvalue weighted by molar-refractivity contribution is 0.521. The van der Waals surface area contributed by atoms with Gasteiger partial charge in [-0.3, -0.25) is 4.98 Å². The molecule has 0 amide bonds. The van der Waals surface area contributed by atoms with Crippen molar-refractivity contribution in [1.82, 2.24) is 10.3 Å². The van der Waals surface area contributed by atoms with Crippen LogP contribution in [0.15, 0.2) is 36.5 Å². The van der Waals surface area contributed by atoms with Gasteiger partial charge in [0.05, 0.1) is 0 Å². The first kappa shape index (κ1) is 16.4. The second kappa shape index (κ2) is 7.90. The van der Waals surface area contributed by atoms with Gasteiger partial charge in [-0.2, -0.15) is 0 Å². The number of benzene rings is 1. The Hall–Kier alpha value is -0.940. The second-order valence-corrected chi connectivity index (χ2v) is 6.53. The maximum absolute atomic E-state index is 4.56. The smallest absolute Gasteiger partial charge is 0.0451 e. The monoisotopic (exact) mass is 394 g/mol. The summed E-state index contributed by atoms with van der Waals surface area (Å²) in [6, 6.07) is 11.0. The number of hydrogen-bond donors (Lipinski definition) is 1. The molecule has 1 N–H and O–H groups in total. The third-order valence-corrected chi connectivity index (χ3v) is 5.23. The van der Waals surface area contributed by atoms with Crippen LogP contribution in [0.3, 0.4) is 0 Å². The summed E-state index contributed by atoms with van der Waals surface area (Å²) in [7, 11) is 0. The Balaban J connectivity index is 2.30. The summed E-state index contributed by atoms with van der Waals surface area (Å²) in [4.78, 5) is 4.56. The lowest BCUT2D eigenvalue weighted by Gasteiger charge is -2.21. The number of aryl methyl sites for hydroxylation is 2. The molecule has 0 aliphatic carbocycles. The van der Waals surface area contributed by atoms with Crippen LogP contribution < -0.4 is 5.32 Å². The lowest BCUT2D eigenvalue weighted by atomic mass is 9.98. The summed E-state index contributed by atoms with van der Waals surface area (Å²) in [5.74, 6) is 0. The number of pyridine rings is 1. The second-order valence-electron chi connectivity index (χ2n) is 5.46. The number of aromatic nitrogens is 1. The van der Waals surface area contributed by atoms with Gasteiger partial charge in [0.15, 0.2) is 0 Å². The third-order valence-electron chi connectivity index (χ3n) is 3.75. The summed E-state index contributed by atoms with van der Waals surface area (Å²) in [6.07, 6.45) is 3.96. The first-order valence-corrected chi connectivity index (χ1v) is 8.60. The molecule has 1 aromatic heterocycles. The Morgan fingerprint density at radius 2 is 1.90 bits per heavy atom. The van der Waals surface area contributed by atoms with Gasteiger partial charge in [-0.1, -0.05) is 31.2 Å². The van der Waals surface area contributed by atoms with Crippen molar-refractivity contribution >= 4 is 22.6 Å². The van der Waals surface area contributed by atoms with Gasteiger partial charge in [0, 0.05) is 27.9 Å². The number of hydrogen-bond acceptors (Lipinski definition) is 2. The highest BCUT2D eigenvalue weighted by Crippen LogP contribution is 2.26. The first-order chi connectivity index (χ1) is 10.1. The van der Waals surface area contributed by atoms with E-state index in [4.69, 9.17) is 0 Å². The van der Waals surface area contributed by atoms with E-state index in [1.165, 1.54) is 26.0 Å². The molecule has 0 aliphatic heterocycles. The topological polar surface area (TPSA) is 24.9 Å². The van der Waals surface area contributed by atoms with Crippen LogP contribution in [0, 0.1) is 17.4 Å². The SMILES string of the molecule is CCCNC(Cc1ncccc1C)c1cccc(C)c1I. The van der Waals surface area contributed by atoms with Crippen LogP contribution >= 0.6 is 22.6 Å². The van der Waals surface area contributed by atoms with Gasteiger partial charge in [0.1, 0.15) is 0 Å². The highest BCUT2D eigenvalue weighted by molar-refractivity contribution is 14.1. The minimum atomic E-state index is 0.324. The molecule has 0 aliphatic rings. The molecule has 0 radical (unpaired) electrons. The molecule has 1 atom stereocenters. The summed E-state index contributed by atoms with van der Waals surface area (Å²) < 4.78 is 1.36.